The third kappa shape index (κ3) is 4.41. The number of halogens is 2. The molecule has 0 aliphatic heterocycles. The van der Waals surface area contributed by atoms with E-state index in [4.69, 9.17) is 18.8 Å². The SMILES string of the molecule is CC(OCC12CC3CC(CC(C3)C1)C2)OCC12CC3CC(C1)C(OC(=O)C(F)(F)S(=O)(=O)O)C(C3)C2. The molecule has 0 aromatic heterocycles. The van der Waals surface area contributed by atoms with Gasteiger partial charge in [-0.3, -0.25) is 4.55 Å². The Morgan fingerprint density at radius 1 is 0.861 bits per heavy atom. The highest BCUT2D eigenvalue weighted by Gasteiger charge is 2.60. The van der Waals surface area contributed by atoms with Crippen LogP contribution in [0.25, 0.3) is 0 Å². The van der Waals surface area contributed by atoms with Crippen LogP contribution in [-0.4, -0.2) is 49.8 Å². The van der Waals surface area contributed by atoms with Gasteiger partial charge in [0.1, 0.15) is 6.10 Å². The van der Waals surface area contributed by atoms with E-state index in [1.54, 1.807) is 0 Å². The molecule has 8 fully saturated rings. The van der Waals surface area contributed by atoms with Gasteiger partial charge in [0, 0.05) is 0 Å². The molecule has 1 N–H and O–H groups in total. The van der Waals surface area contributed by atoms with Crippen molar-refractivity contribution in [3.63, 3.8) is 0 Å². The number of hydrogen-bond donors (Lipinski definition) is 1. The molecule has 8 bridgehead atoms. The van der Waals surface area contributed by atoms with Gasteiger partial charge in [-0.25, -0.2) is 4.79 Å². The fraction of sp³-hybridized carbons (Fsp3) is 0.962. The molecule has 0 amide bonds. The van der Waals surface area contributed by atoms with Crippen molar-refractivity contribution in [2.24, 2.45) is 46.3 Å². The van der Waals surface area contributed by atoms with Crippen molar-refractivity contribution in [1.29, 1.82) is 0 Å². The third-order valence-corrected chi connectivity index (χ3v) is 11.3. The van der Waals surface area contributed by atoms with Crippen LogP contribution in [0.4, 0.5) is 8.78 Å². The van der Waals surface area contributed by atoms with Crippen molar-refractivity contribution < 1.29 is 40.8 Å². The summed E-state index contributed by atoms with van der Waals surface area (Å²) in [6.07, 6.45) is 10.9. The smallest absolute Gasteiger partial charge is 0.456 e. The van der Waals surface area contributed by atoms with E-state index >= 15 is 0 Å². The topological polar surface area (TPSA) is 99.1 Å². The zero-order valence-corrected chi connectivity index (χ0v) is 21.7. The second-order valence-corrected chi connectivity index (χ2v) is 14.9. The summed E-state index contributed by atoms with van der Waals surface area (Å²) in [6, 6.07) is 0. The predicted octanol–water partition coefficient (Wildman–Crippen LogP) is 4.80. The van der Waals surface area contributed by atoms with Crippen LogP contribution in [0, 0.1) is 46.3 Å². The van der Waals surface area contributed by atoms with Gasteiger partial charge in [0.2, 0.25) is 0 Å². The van der Waals surface area contributed by atoms with Crippen LogP contribution in [0.1, 0.15) is 77.6 Å². The highest BCUT2D eigenvalue weighted by molar-refractivity contribution is 7.87. The summed E-state index contributed by atoms with van der Waals surface area (Å²) in [4.78, 5) is 11.9. The second-order valence-electron chi connectivity index (χ2n) is 13.4. The average Bonchev–Trinajstić information content (AvgIpc) is 2.76. The lowest BCUT2D eigenvalue weighted by Crippen LogP contribution is -2.57. The van der Waals surface area contributed by atoms with E-state index in [-0.39, 0.29) is 23.5 Å². The lowest BCUT2D eigenvalue weighted by Gasteiger charge is -2.59. The van der Waals surface area contributed by atoms with E-state index in [9.17, 15) is 22.0 Å². The summed E-state index contributed by atoms with van der Waals surface area (Å²) in [5.41, 5.74) is 0.234. The maximum absolute atomic E-state index is 13.8. The first-order valence-corrected chi connectivity index (χ1v) is 15.1. The number of rotatable bonds is 9. The van der Waals surface area contributed by atoms with Crippen LogP contribution in [0.3, 0.4) is 0 Å². The summed E-state index contributed by atoms with van der Waals surface area (Å²) in [6.45, 7) is 3.25. The second kappa shape index (κ2) is 8.58. The van der Waals surface area contributed by atoms with Gasteiger partial charge in [-0.15, -0.1) is 0 Å². The molecule has 7 nitrogen and oxygen atoms in total. The Morgan fingerprint density at radius 3 is 1.72 bits per heavy atom. The van der Waals surface area contributed by atoms with Gasteiger partial charge in [-0.05, 0) is 124 Å². The van der Waals surface area contributed by atoms with Gasteiger partial charge in [0.15, 0.2) is 6.29 Å². The van der Waals surface area contributed by atoms with Gasteiger partial charge in [-0.2, -0.15) is 17.2 Å². The molecular formula is C26H38F2O7S. The fourth-order valence-corrected chi connectivity index (χ4v) is 10.2. The van der Waals surface area contributed by atoms with Crippen molar-refractivity contribution in [3.8, 4) is 0 Å². The van der Waals surface area contributed by atoms with Crippen molar-refractivity contribution >= 4 is 16.1 Å². The van der Waals surface area contributed by atoms with Crippen LogP contribution in [0.15, 0.2) is 0 Å². The number of ether oxygens (including phenoxy) is 3. The van der Waals surface area contributed by atoms with Gasteiger partial charge < -0.3 is 14.2 Å². The number of alkyl halides is 2. The first-order chi connectivity index (χ1) is 16.9. The van der Waals surface area contributed by atoms with Gasteiger partial charge >= 0.3 is 21.3 Å². The molecule has 0 aromatic carbocycles. The number of hydrogen-bond acceptors (Lipinski definition) is 6. The molecule has 8 aliphatic carbocycles. The summed E-state index contributed by atoms with van der Waals surface area (Å²) in [5, 5.41) is -4.95. The molecular weight excluding hydrogens is 494 g/mol. The number of carbonyl (C=O) groups is 1. The van der Waals surface area contributed by atoms with Crippen LogP contribution in [0.2, 0.25) is 0 Å². The Morgan fingerprint density at radius 2 is 1.28 bits per heavy atom. The van der Waals surface area contributed by atoms with Crippen LogP contribution >= 0.6 is 0 Å². The van der Waals surface area contributed by atoms with Crippen LogP contribution < -0.4 is 0 Å². The standard InChI is InChI=1S/C26H38F2O7S/c1-15(33-13-24-7-16-2-17(8-24)4-18(3-16)9-24)34-14-25-10-19-5-20(11-25)22(21(6-19)12-25)35-23(29)26(27,28)36(30,31)32/h15-22H,2-14H2,1H3,(H,30,31,32). The molecule has 36 heavy (non-hydrogen) atoms. The molecule has 0 spiro atoms. The van der Waals surface area contributed by atoms with Crippen molar-refractivity contribution in [3.05, 3.63) is 0 Å². The molecule has 3 atom stereocenters. The molecule has 8 rings (SSSR count). The van der Waals surface area contributed by atoms with E-state index in [0.29, 0.717) is 30.8 Å². The molecule has 8 saturated carbocycles. The minimum absolute atomic E-state index is 0.0940. The first kappa shape index (κ1) is 25.4. The summed E-state index contributed by atoms with van der Waals surface area (Å²) in [7, 11) is -5.87. The van der Waals surface area contributed by atoms with Gasteiger partial charge in [0.25, 0.3) is 0 Å². The monoisotopic (exact) mass is 532 g/mol. The minimum atomic E-state index is -5.87. The summed E-state index contributed by atoms with van der Waals surface area (Å²) in [5.74, 6) is 0.659. The Balaban J connectivity index is 1.03. The quantitative estimate of drug-likeness (QED) is 0.259. The van der Waals surface area contributed by atoms with Crippen LogP contribution in [-0.2, 0) is 29.1 Å². The highest BCUT2D eigenvalue weighted by Crippen LogP contribution is 2.62. The molecule has 8 aliphatic rings. The fourth-order valence-electron chi connectivity index (χ4n) is 9.92. The van der Waals surface area contributed by atoms with E-state index < -0.39 is 27.4 Å². The lowest BCUT2D eigenvalue weighted by molar-refractivity contribution is -0.221. The first-order valence-electron chi connectivity index (χ1n) is 13.6. The van der Waals surface area contributed by atoms with E-state index in [1.807, 2.05) is 6.92 Å². The highest BCUT2D eigenvalue weighted by atomic mass is 32.2. The Bertz CT molecular complexity index is 947. The Kier molecular flexibility index (Phi) is 6.06. The lowest BCUT2D eigenvalue weighted by atomic mass is 9.49. The van der Waals surface area contributed by atoms with Gasteiger partial charge in [-0.1, -0.05) is 0 Å². The minimum Gasteiger partial charge on any atom is -0.456 e. The molecule has 0 heterocycles. The largest absolute Gasteiger partial charge is 0.465 e. The van der Waals surface area contributed by atoms with Crippen molar-refractivity contribution in [2.75, 3.05) is 13.2 Å². The van der Waals surface area contributed by atoms with E-state index in [1.165, 1.54) is 38.5 Å². The zero-order chi connectivity index (χ0) is 25.5. The molecule has 0 aromatic rings. The van der Waals surface area contributed by atoms with Gasteiger partial charge in [0.05, 0.1) is 13.2 Å². The maximum atomic E-state index is 13.8. The molecule has 0 saturated heterocycles. The maximum Gasteiger partial charge on any atom is 0.465 e. The van der Waals surface area contributed by atoms with E-state index in [0.717, 1.165) is 43.6 Å². The molecule has 204 valence electrons. The Labute approximate surface area is 211 Å². The van der Waals surface area contributed by atoms with Crippen molar-refractivity contribution in [2.45, 2.75) is 95.2 Å². The summed E-state index contributed by atoms with van der Waals surface area (Å²) < 4.78 is 75.8. The average molecular weight is 533 g/mol. The zero-order valence-electron chi connectivity index (χ0n) is 20.9. The summed E-state index contributed by atoms with van der Waals surface area (Å²) >= 11 is 0. The normalized spacial score (nSPS) is 45.7. The Hall–Kier alpha value is -0.840. The number of esters is 1. The van der Waals surface area contributed by atoms with Crippen LogP contribution in [0.5, 0.6) is 0 Å². The predicted molar refractivity (Wildman–Crippen MR) is 124 cm³/mol. The molecule has 10 heteroatoms. The molecule has 0 radical (unpaired) electrons. The van der Waals surface area contributed by atoms with Crippen molar-refractivity contribution in [1.82, 2.24) is 0 Å². The third-order valence-electron chi connectivity index (χ3n) is 10.5. The number of carbonyl (C=O) groups excluding carboxylic acids is 1. The van der Waals surface area contributed by atoms with E-state index in [2.05, 4.69) is 0 Å². The molecule has 3 unspecified atom stereocenters.